The lowest BCUT2D eigenvalue weighted by Gasteiger charge is -2.12. The third kappa shape index (κ3) is 1.81. The zero-order valence-corrected chi connectivity index (χ0v) is 8.43. The van der Waals surface area contributed by atoms with Crippen molar-refractivity contribution in [1.29, 1.82) is 0 Å². The number of carbonyl (C=O) groups is 2. The normalized spacial score (nSPS) is 16.5. The summed E-state index contributed by atoms with van der Waals surface area (Å²) < 4.78 is 0. The van der Waals surface area contributed by atoms with Crippen LogP contribution in [0, 0.1) is 0 Å². The molecule has 0 aromatic carbocycles. The van der Waals surface area contributed by atoms with E-state index >= 15 is 0 Å². The highest BCUT2D eigenvalue weighted by molar-refractivity contribution is 5.99. The zero-order chi connectivity index (χ0) is 11.8. The van der Waals surface area contributed by atoms with Gasteiger partial charge in [-0.25, -0.2) is 4.79 Å². The molecule has 0 saturated heterocycles. The summed E-state index contributed by atoms with van der Waals surface area (Å²) in [6.45, 7) is 0. The zero-order valence-electron chi connectivity index (χ0n) is 8.43. The Morgan fingerprint density at radius 3 is 2.62 bits per heavy atom. The number of nitrogens with zero attached hydrogens (tertiary/aromatic N) is 1. The number of aliphatic carboxylic acids is 1. The van der Waals surface area contributed by atoms with Gasteiger partial charge in [0.2, 0.25) is 0 Å². The molecule has 2 rings (SSSR count). The van der Waals surface area contributed by atoms with E-state index in [-0.39, 0.29) is 5.56 Å². The number of amides is 1. The third-order valence-corrected chi connectivity index (χ3v) is 2.53. The first-order chi connectivity index (χ1) is 7.53. The van der Waals surface area contributed by atoms with Gasteiger partial charge in [0.05, 0.1) is 11.3 Å². The summed E-state index contributed by atoms with van der Waals surface area (Å²) in [6, 6.07) is 1.46. The first-order valence-corrected chi connectivity index (χ1v) is 4.80. The maximum absolute atomic E-state index is 11.7. The molecule has 0 bridgehead atoms. The average Bonchev–Trinajstić information content (AvgIpc) is 2.99. The van der Waals surface area contributed by atoms with E-state index in [1.165, 1.54) is 18.5 Å². The van der Waals surface area contributed by atoms with Gasteiger partial charge in [0.1, 0.15) is 5.54 Å². The molecule has 1 aliphatic carbocycles. The van der Waals surface area contributed by atoms with E-state index in [0.29, 0.717) is 18.5 Å². The minimum atomic E-state index is -1.08. The van der Waals surface area contributed by atoms with E-state index in [0.717, 1.165) is 0 Å². The van der Waals surface area contributed by atoms with Crippen LogP contribution < -0.4 is 11.1 Å². The highest BCUT2D eigenvalue weighted by atomic mass is 16.4. The maximum Gasteiger partial charge on any atom is 0.329 e. The van der Waals surface area contributed by atoms with E-state index in [1.54, 1.807) is 0 Å². The van der Waals surface area contributed by atoms with Crippen molar-refractivity contribution in [2.45, 2.75) is 18.4 Å². The molecule has 1 aromatic heterocycles. The second-order valence-electron chi connectivity index (χ2n) is 3.85. The van der Waals surface area contributed by atoms with Gasteiger partial charge in [0.25, 0.3) is 5.91 Å². The number of nitrogen functional groups attached to an aromatic ring is 1. The Morgan fingerprint density at radius 1 is 1.44 bits per heavy atom. The number of nitrogens with one attached hydrogen (secondary N) is 1. The molecule has 1 saturated carbocycles. The second kappa shape index (κ2) is 3.48. The van der Waals surface area contributed by atoms with Crippen molar-refractivity contribution < 1.29 is 14.7 Å². The number of hydrogen-bond donors (Lipinski definition) is 3. The van der Waals surface area contributed by atoms with Crippen molar-refractivity contribution in [1.82, 2.24) is 10.3 Å². The van der Waals surface area contributed by atoms with E-state index in [4.69, 9.17) is 10.8 Å². The molecular weight excluding hydrogens is 210 g/mol. The molecule has 0 aliphatic heterocycles. The van der Waals surface area contributed by atoms with Crippen LogP contribution >= 0.6 is 0 Å². The highest BCUT2D eigenvalue weighted by Crippen LogP contribution is 2.35. The van der Waals surface area contributed by atoms with Crippen molar-refractivity contribution in [3.8, 4) is 0 Å². The van der Waals surface area contributed by atoms with Crippen molar-refractivity contribution in [3.63, 3.8) is 0 Å². The van der Waals surface area contributed by atoms with Crippen LogP contribution in [0.4, 0.5) is 5.69 Å². The number of carboxylic acid groups (broad SMARTS) is 1. The first-order valence-electron chi connectivity index (χ1n) is 4.80. The largest absolute Gasteiger partial charge is 0.480 e. The Hall–Kier alpha value is -2.11. The fraction of sp³-hybridized carbons (Fsp3) is 0.300. The minimum absolute atomic E-state index is 0.271. The molecule has 6 nitrogen and oxygen atoms in total. The van der Waals surface area contributed by atoms with Gasteiger partial charge in [-0.05, 0) is 18.9 Å². The van der Waals surface area contributed by atoms with Gasteiger partial charge in [-0.1, -0.05) is 0 Å². The van der Waals surface area contributed by atoms with Crippen molar-refractivity contribution in [2.75, 3.05) is 5.73 Å². The summed E-state index contributed by atoms with van der Waals surface area (Å²) in [5, 5.41) is 11.4. The van der Waals surface area contributed by atoms with Crippen LogP contribution in [-0.4, -0.2) is 27.5 Å². The summed E-state index contributed by atoms with van der Waals surface area (Å²) in [4.78, 5) is 26.3. The number of rotatable bonds is 3. The maximum atomic E-state index is 11.7. The number of hydrogen-bond acceptors (Lipinski definition) is 4. The van der Waals surface area contributed by atoms with Gasteiger partial charge in [-0.3, -0.25) is 9.78 Å². The Morgan fingerprint density at radius 2 is 2.12 bits per heavy atom. The van der Waals surface area contributed by atoms with Crippen LogP contribution in [0.3, 0.4) is 0 Å². The van der Waals surface area contributed by atoms with E-state index < -0.39 is 17.4 Å². The molecule has 1 fully saturated rings. The van der Waals surface area contributed by atoms with Gasteiger partial charge in [-0.2, -0.15) is 0 Å². The fourth-order valence-electron chi connectivity index (χ4n) is 1.39. The Balaban J connectivity index is 2.12. The molecule has 16 heavy (non-hydrogen) atoms. The van der Waals surface area contributed by atoms with Gasteiger partial charge in [0.15, 0.2) is 0 Å². The van der Waals surface area contributed by atoms with Crippen LogP contribution in [-0.2, 0) is 4.79 Å². The van der Waals surface area contributed by atoms with Gasteiger partial charge >= 0.3 is 5.97 Å². The number of pyridine rings is 1. The monoisotopic (exact) mass is 221 g/mol. The van der Waals surface area contributed by atoms with Crippen molar-refractivity contribution in [2.24, 2.45) is 0 Å². The lowest BCUT2D eigenvalue weighted by atomic mass is 10.2. The molecule has 6 heteroatoms. The van der Waals surface area contributed by atoms with E-state index in [2.05, 4.69) is 10.3 Å². The lowest BCUT2D eigenvalue weighted by molar-refractivity contribution is -0.140. The number of aromatic nitrogens is 1. The Kier molecular flexibility index (Phi) is 2.26. The molecule has 1 heterocycles. The van der Waals surface area contributed by atoms with Gasteiger partial charge in [-0.15, -0.1) is 0 Å². The SMILES string of the molecule is Nc1cncc(C(=O)NC2(C(=O)O)CC2)c1. The van der Waals surface area contributed by atoms with Crippen LogP contribution in [0.15, 0.2) is 18.5 Å². The predicted octanol–water partition coefficient (Wildman–Crippen LogP) is 0.0108. The van der Waals surface area contributed by atoms with Crippen molar-refractivity contribution in [3.05, 3.63) is 24.0 Å². The molecule has 0 radical (unpaired) electrons. The molecule has 0 spiro atoms. The standard InChI is InChI=1S/C10H11N3O3/c11-7-3-6(4-12-5-7)8(14)13-10(1-2-10)9(15)16/h3-5H,1-2,11H2,(H,13,14)(H,15,16). The molecule has 1 aliphatic rings. The number of carbonyl (C=O) groups excluding carboxylic acids is 1. The van der Waals surface area contributed by atoms with Crippen molar-refractivity contribution >= 4 is 17.6 Å². The van der Waals surface area contributed by atoms with E-state index in [1.807, 2.05) is 0 Å². The van der Waals surface area contributed by atoms with E-state index in [9.17, 15) is 9.59 Å². The molecular formula is C10H11N3O3. The number of nitrogens with two attached hydrogens (primary N) is 1. The fourth-order valence-corrected chi connectivity index (χ4v) is 1.39. The smallest absolute Gasteiger partial charge is 0.329 e. The van der Waals surface area contributed by atoms with Crippen LogP contribution in [0.1, 0.15) is 23.2 Å². The summed E-state index contributed by atoms with van der Waals surface area (Å²) >= 11 is 0. The molecule has 1 amide bonds. The molecule has 1 aromatic rings. The van der Waals surface area contributed by atoms with Crippen LogP contribution in [0.5, 0.6) is 0 Å². The first kappa shape index (κ1) is 10.4. The number of carboxylic acids is 1. The lowest BCUT2D eigenvalue weighted by Crippen LogP contribution is -2.43. The summed E-state index contributed by atoms with van der Waals surface area (Å²) in [5.74, 6) is -1.46. The summed E-state index contributed by atoms with van der Waals surface area (Å²) in [6.07, 6.45) is 3.69. The highest BCUT2D eigenvalue weighted by Gasteiger charge is 2.51. The minimum Gasteiger partial charge on any atom is -0.480 e. The quantitative estimate of drug-likeness (QED) is 0.666. The van der Waals surface area contributed by atoms with Gasteiger partial charge in [0, 0.05) is 12.4 Å². The van der Waals surface area contributed by atoms with Gasteiger partial charge < -0.3 is 16.2 Å². The van der Waals surface area contributed by atoms with Crippen LogP contribution in [0.2, 0.25) is 0 Å². The molecule has 0 unspecified atom stereocenters. The Labute approximate surface area is 91.5 Å². The topological polar surface area (TPSA) is 105 Å². The molecule has 0 atom stereocenters. The number of anilines is 1. The summed E-state index contributed by atoms with van der Waals surface area (Å²) in [5.41, 5.74) is 5.03. The average molecular weight is 221 g/mol. The third-order valence-electron chi connectivity index (χ3n) is 2.53. The second-order valence-corrected chi connectivity index (χ2v) is 3.85. The molecule has 4 N–H and O–H groups in total. The Bertz CT molecular complexity index is 454. The molecule has 84 valence electrons. The predicted molar refractivity (Wildman–Crippen MR) is 55.7 cm³/mol. The summed E-state index contributed by atoms with van der Waals surface area (Å²) in [7, 11) is 0. The van der Waals surface area contributed by atoms with Crippen LogP contribution in [0.25, 0.3) is 0 Å².